The van der Waals surface area contributed by atoms with E-state index in [1.54, 1.807) is 23.9 Å². The molecular weight excluding hydrogens is 209 g/mol. The van der Waals surface area contributed by atoms with Crippen molar-refractivity contribution >= 4 is 5.69 Å². The van der Waals surface area contributed by atoms with Crippen LogP contribution in [0, 0.1) is 17.6 Å². The minimum atomic E-state index is -0.268. The third kappa shape index (κ3) is 2.13. The number of aromatic nitrogens is 2. The van der Waals surface area contributed by atoms with Gasteiger partial charge in [0.05, 0.1) is 0 Å². The van der Waals surface area contributed by atoms with Crippen molar-refractivity contribution in [2.24, 2.45) is 5.18 Å². The summed E-state index contributed by atoms with van der Waals surface area (Å²) in [4.78, 5) is 10.4. The minimum absolute atomic E-state index is 0.268. The number of aryl methyl sites for hydroxylation is 1. The molecule has 1 N–H and O–H groups in total. The van der Waals surface area contributed by atoms with Crippen LogP contribution in [0.25, 0.3) is 0 Å². The second-order valence-corrected chi connectivity index (χ2v) is 3.60. The molecule has 2 aromatic rings. The molecule has 0 amide bonds. The smallest absolute Gasteiger partial charge is 0.207 e. The van der Waals surface area contributed by atoms with Crippen molar-refractivity contribution in [2.45, 2.75) is 13.5 Å². The van der Waals surface area contributed by atoms with Gasteiger partial charge in [-0.2, -0.15) is 5.10 Å². The molecule has 0 fully saturated rings. The maximum absolute atomic E-state index is 12.9. The SMILES string of the molecule is Cc1[nH][n+](Cc2cccc(F)c2)cc1N=O. The molecule has 0 atom stereocenters. The summed E-state index contributed by atoms with van der Waals surface area (Å²) in [7, 11) is 0. The van der Waals surface area contributed by atoms with E-state index in [4.69, 9.17) is 0 Å². The normalized spacial score (nSPS) is 10.4. The molecule has 4 nitrogen and oxygen atoms in total. The molecule has 2 rings (SSSR count). The van der Waals surface area contributed by atoms with E-state index in [-0.39, 0.29) is 5.82 Å². The van der Waals surface area contributed by atoms with Crippen molar-refractivity contribution in [3.63, 3.8) is 0 Å². The number of nitrogens with zero attached hydrogens (tertiary/aromatic N) is 2. The Bertz CT molecular complexity index is 522. The van der Waals surface area contributed by atoms with Crippen molar-refractivity contribution in [1.82, 2.24) is 5.10 Å². The van der Waals surface area contributed by atoms with Gasteiger partial charge in [0, 0.05) is 5.56 Å². The first kappa shape index (κ1) is 10.5. The summed E-state index contributed by atoms with van der Waals surface area (Å²) in [6, 6.07) is 6.32. The van der Waals surface area contributed by atoms with Crippen molar-refractivity contribution < 1.29 is 9.07 Å². The molecule has 0 aliphatic heterocycles. The van der Waals surface area contributed by atoms with Crippen LogP contribution in [-0.2, 0) is 6.54 Å². The van der Waals surface area contributed by atoms with Crippen molar-refractivity contribution in [1.29, 1.82) is 0 Å². The summed E-state index contributed by atoms with van der Waals surface area (Å²) >= 11 is 0. The van der Waals surface area contributed by atoms with Crippen LogP contribution in [0.1, 0.15) is 11.3 Å². The molecule has 0 unspecified atom stereocenters. The Hall–Kier alpha value is -2.04. The molecule has 1 heterocycles. The number of halogens is 1. The predicted octanol–water partition coefficient (Wildman–Crippen LogP) is 2.20. The lowest BCUT2D eigenvalue weighted by Crippen LogP contribution is -2.35. The number of H-pyrrole nitrogens is 1. The fraction of sp³-hybridized carbons (Fsp3) is 0.182. The van der Waals surface area contributed by atoms with Gasteiger partial charge in [0.1, 0.15) is 11.5 Å². The van der Waals surface area contributed by atoms with Gasteiger partial charge in [-0.1, -0.05) is 12.1 Å². The van der Waals surface area contributed by atoms with Gasteiger partial charge in [0.15, 0.2) is 12.2 Å². The van der Waals surface area contributed by atoms with Gasteiger partial charge in [-0.05, 0) is 24.2 Å². The number of nitroso groups, excluding NO2 is 1. The maximum Gasteiger partial charge on any atom is 0.225 e. The molecule has 0 bridgehead atoms. The molecular formula is C11H11FN3O+. The molecule has 0 saturated heterocycles. The second-order valence-electron chi connectivity index (χ2n) is 3.60. The number of nitrogens with one attached hydrogen (secondary N) is 1. The Balaban J connectivity index is 2.23. The van der Waals surface area contributed by atoms with Gasteiger partial charge >= 0.3 is 0 Å². The zero-order chi connectivity index (χ0) is 11.5. The first-order valence-corrected chi connectivity index (χ1v) is 4.86. The highest BCUT2D eigenvalue weighted by atomic mass is 19.1. The summed E-state index contributed by atoms with van der Waals surface area (Å²) < 4.78 is 14.6. The van der Waals surface area contributed by atoms with Gasteiger partial charge in [0.2, 0.25) is 6.20 Å². The van der Waals surface area contributed by atoms with Gasteiger partial charge in [-0.25, -0.2) is 4.39 Å². The van der Waals surface area contributed by atoms with Crippen molar-refractivity contribution in [3.8, 4) is 0 Å². The third-order valence-corrected chi connectivity index (χ3v) is 2.31. The van der Waals surface area contributed by atoms with E-state index in [0.717, 1.165) is 5.56 Å². The van der Waals surface area contributed by atoms with Crippen LogP contribution < -0.4 is 4.68 Å². The summed E-state index contributed by atoms with van der Waals surface area (Å²) in [5.74, 6) is -0.268. The van der Waals surface area contributed by atoms with E-state index in [1.807, 2.05) is 6.07 Å². The van der Waals surface area contributed by atoms with Crippen LogP contribution in [0.3, 0.4) is 0 Å². The van der Waals surface area contributed by atoms with Crippen LogP contribution in [0.2, 0.25) is 0 Å². The molecule has 0 saturated carbocycles. The number of aromatic amines is 1. The zero-order valence-corrected chi connectivity index (χ0v) is 8.77. The maximum atomic E-state index is 12.9. The fourth-order valence-electron chi connectivity index (χ4n) is 1.56. The third-order valence-electron chi connectivity index (χ3n) is 2.31. The van der Waals surface area contributed by atoms with Gasteiger partial charge in [-0.15, -0.1) is 9.59 Å². The molecule has 1 aromatic carbocycles. The van der Waals surface area contributed by atoms with Gasteiger partial charge < -0.3 is 0 Å². The van der Waals surface area contributed by atoms with Crippen LogP contribution in [-0.4, -0.2) is 5.10 Å². The zero-order valence-electron chi connectivity index (χ0n) is 8.77. The lowest BCUT2D eigenvalue weighted by molar-refractivity contribution is -0.742. The van der Waals surface area contributed by atoms with Crippen molar-refractivity contribution in [2.75, 3.05) is 0 Å². The van der Waals surface area contributed by atoms with Crippen molar-refractivity contribution in [3.05, 3.63) is 52.4 Å². The largest absolute Gasteiger partial charge is 0.225 e. The van der Waals surface area contributed by atoms with E-state index in [1.165, 1.54) is 12.1 Å². The Kier molecular flexibility index (Phi) is 2.76. The highest BCUT2D eigenvalue weighted by molar-refractivity contribution is 5.35. The average Bonchev–Trinajstić information content (AvgIpc) is 2.58. The molecule has 0 aliphatic rings. The standard InChI is InChI=1S/C11H10FN3O/c1-8-11(14-16)7-15(13-8)6-9-3-2-4-10(12)5-9/h2-5,7H,6H2,1H3/p+1. The summed E-state index contributed by atoms with van der Waals surface area (Å²) in [6.45, 7) is 2.24. The number of hydrogen-bond acceptors (Lipinski definition) is 2. The highest BCUT2D eigenvalue weighted by Gasteiger charge is 2.12. The molecule has 1 aromatic heterocycles. The number of benzene rings is 1. The monoisotopic (exact) mass is 220 g/mol. The van der Waals surface area contributed by atoms with Crippen LogP contribution in [0.4, 0.5) is 10.1 Å². The van der Waals surface area contributed by atoms with E-state index >= 15 is 0 Å². The summed E-state index contributed by atoms with van der Waals surface area (Å²) in [5.41, 5.74) is 1.89. The first-order valence-electron chi connectivity index (χ1n) is 4.86. The van der Waals surface area contributed by atoms with Crippen LogP contribution >= 0.6 is 0 Å². The number of rotatable bonds is 3. The van der Waals surface area contributed by atoms with E-state index in [0.29, 0.717) is 17.9 Å². The minimum Gasteiger partial charge on any atom is -0.207 e. The topological polar surface area (TPSA) is 49.1 Å². The Morgan fingerprint density at radius 2 is 2.31 bits per heavy atom. The molecule has 0 aliphatic carbocycles. The Morgan fingerprint density at radius 3 is 2.94 bits per heavy atom. The second kappa shape index (κ2) is 4.22. The van der Waals surface area contributed by atoms with Gasteiger partial charge in [0.25, 0.3) is 0 Å². The molecule has 0 radical (unpaired) electrons. The first-order chi connectivity index (χ1) is 7.69. The molecule has 82 valence electrons. The van der Waals surface area contributed by atoms with E-state index < -0.39 is 0 Å². The Labute approximate surface area is 91.7 Å². The van der Waals surface area contributed by atoms with E-state index in [9.17, 15) is 9.30 Å². The highest BCUT2D eigenvalue weighted by Crippen LogP contribution is 2.12. The Morgan fingerprint density at radius 1 is 1.50 bits per heavy atom. The van der Waals surface area contributed by atoms with Crippen LogP contribution in [0.15, 0.2) is 35.6 Å². The summed E-state index contributed by atoms with van der Waals surface area (Å²) in [6.07, 6.45) is 1.60. The average molecular weight is 220 g/mol. The lowest BCUT2D eigenvalue weighted by atomic mass is 10.2. The quantitative estimate of drug-likeness (QED) is 0.625. The fourth-order valence-corrected chi connectivity index (χ4v) is 1.56. The number of hydrogen-bond donors (Lipinski definition) is 1. The van der Waals surface area contributed by atoms with E-state index in [2.05, 4.69) is 10.3 Å². The predicted molar refractivity (Wildman–Crippen MR) is 56.7 cm³/mol. The van der Waals surface area contributed by atoms with Crippen LogP contribution in [0.5, 0.6) is 0 Å². The molecule has 5 heteroatoms. The molecule has 0 spiro atoms. The lowest BCUT2D eigenvalue weighted by Gasteiger charge is -1.94. The summed E-state index contributed by atoms with van der Waals surface area (Å²) in [5, 5.41) is 5.84. The molecule has 16 heavy (non-hydrogen) atoms. The van der Waals surface area contributed by atoms with Gasteiger partial charge in [-0.3, -0.25) is 0 Å².